The Hall–Kier alpha value is -1.11. The van der Waals surface area contributed by atoms with Crippen molar-refractivity contribution in [2.45, 2.75) is 26.3 Å². The zero-order chi connectivity index (χ0) is 13.7. The van der Waals surface area contributed by atoms with Crippen LogP contribution in [0.1, 0.15) is 25.5 Å². The van der Waals surface area contributed by atoms with Gasteiger partial charge >= 0.3 is 0 Å². The fourth-order valence-corrected chi connectivity index (χ4v) is 2.89. The molecule has 2 N–H and O–H groups in total. The Bertz CT molecular complexity index is 509. The third kappa shape index (κ3) is 3.26. The minimum atomic E-state index is 0.255. The van der Waals surface area contributed by atoms with E-state index in [1.54, 1.807) is 18.4 Å². The molecule has 2 aromatic rings. The molecule has 19 heavy (non-hydrogen) atoms. The summed E-state index contributed by atoms with van der Waals surface area (Å²) in [7, 11) is 1.65. The van der Waals surface area contributed by atoms with Gasteiger partial charge in [-0.25, -0.2) is 0 Å². The molecule has 0 aliphatic rings. The van der Waals surface area contributed by atoms with Gasteiger partial charge in [0.15, 0.2) is 4.96 Å². The molecule has 2 aromatic heterocycles. The predicted molar refractivity (Wildman–Crippen MR) is 76.8 cm³/mol. The minimum absolute atomic E-state index is 0.255. The number of rotatable bonds is 8. The SMILES string of the molecule is CCC(CCO)CNCc1c(OC)nc2sccn12. The lowest BCUT2D eigenvalue weighted by Crippen LogP contribution is -2.23. The number of nitrogens with one attached hydrogen (secondary N) is 1. The summed E-state index contributed by atoms with van der Waals surface area (Å²) >= 11 is 1.60. The third-order valence-corrected chi connectivity index (χ3v) is 4.11. The first kappa shape index (κ1) is 14.3. The second-order valence-electron chi connectivity index (χ2n) is 4.54. The number of aliphatic hydroxyl groups is 1. The van der Waals surface area contributed by atoms with E-state index in [0.29, 0.717) is 11.8 Å². The molecule has 0 amide bonds. The van der Waals surface area contributed by atoms with Crippen LogP contribution < -0.4 is 10.1 Å². The van der Waals surface area contributed by atoms with Gasteiger partial charge in [0.2, 0.25) is 5.88 Å². The molecular formula is C13H21N3O2S. The molecule has 0 bridgehead atoms. The van der Waals surface area contributed by atoms with Crippen molar-refractivity contribution in [3.05, 3.63) is 17.3 Å². The first-order valence-electron chi connectivity index (χ1n) is 6.60. The van der Waals surface area contributed by atoms with Crippen LogP contribution in [0.2, 0.25) is 0 Å². The maximum atomic E-state index is 8.99. The first-order chi connectivity index (χ1) is 9.30. The van der Waals surface area contributed by atoms with Crippen LogP contribution in [-0.4, -0.2) is 34.8 Å². The van der Waals surface area contributed by atoms with Crippen molar-refractivity contribution in [2.24, 2.45) is 5.92 Å². The Morgan fingerprint density at radius 1 is 1.58 bits per heavy atom. The maximum absolute atomic E-state index is 8.99. The standard InChI is InChI=1S/C13H21N3O2S/c1-3-10(4-6-17)8-14-9-11-12(18-2)15-13-16(11)5-7-19-13/h5,7,10,14,17H,3-4,6,8-9H2,1-2H3. The number of fused-ring (bicyclic) bond motifs is 1. The Morgan fingerprint density at radius 2 is 2.42 bits per heavy atom. The molecule has 2 heterocycles. The number of hydrogen-bond donors (Lipinski definition) is 2. The van der Waals surface area contributed by atoms with Crippen LogP contribution in [-0.2, 0) is 6.54 Å². The van der Waals surface area contributed by atoms with Crippen molar-refractivity contribution in [3.63, 3.8) is 0 Å². The fraction of sp³-hybridized carbons (Fsp3) is 0.615. The molecule has 0 radical (unpaired) electrons. The number of aromatic nitrogens is 2. The lowest BCUT2D eigenvalue weighted by atomic mass is 10.0. The van der Waals surface area contributed by atoms with Crippen LogP contribution >= 0.6 is 11.3 Å². The van der Waals surface area contributed by atoms with Gasteiger partial charge in [-0.3, -0.25) is 4.40 Å². The van der Waals surface area contributed by atoms with E-state index in [1.807, 2.05) is 11.6 Å². The number of hydrogen-bond acceptors (Lipinski definition) is 5. The summed E-state index contributed by atoms with van der Waals surface area (Å²) in [6, 6.07) is 0. The topological polar surface area (TPSA) is 58.8 Å². The molecule has 5 nitrogen and oxygen atoms in total. The van der Waals surface area contributed by atoms with Crippen molar-refractivity contribution in [3.8, 4) is 5.88 Å². The van der Waals surface area contributed by atoms with Gasteiger partial charge in [0, 0.05) is 24.7 Å². The highest BCUT2D eigenvalue weighted by molar-refractivity contribution is 7.15. The van der Waals surface area contributed by atoms with Crippen LogP contribution in [0.4, 0.5) is 0 Å². The summed E-state index contributed by atoms with van der Waals surface area (Å²) in [6.07, 6.45) is 3.93. The largest absolute Gasteiger partial charge is 0.480 e. The zero-order valence-electron chi connectivity index (χ0n) is 11.4. The zero-order valence-corrected chi connectivity index (χ0v) is 12.2. The molecule has 6 heteroatoms. The van der Waals surface area contributed by atoms with E-state index >= 15 is 0 Å². The van der Waals surface area contributed by atoms with E-state index in [-0.39, 0.29) is 6.61 Å². The van der Waals surface area contributed by atoms with Gasteiger partial charge in [0.25, 0.3) is 0 Å². The fourth-order valence-electron chi connectivity index (χ4n) is 2.16. The molecule has 1 unspecified atom stereocenters. The van der Waals surface area contributed by atoms with Gasteiger partial charge in [-0.1, -0.05) is 13.3 Å². The molecule has 0 spiro atoms. The van der Waals surface area contributed by atoms with Gasteiger partial charge < -0.3 is 15.2 Å². The van der Waals surface area contributed by atoms with Gasteiger partial charge in [-0.15, -0.1) is 11.3 Å². The van der Waals surface area contributed by atoms with Crippen molar-refractivity contribution >= 4 is 16.3 Å². The van der Waals surface area contributed by atoms with Crippen molar-refractivity contribution in [1.29, 1.82) is 0 Å². The molecule has 0 aliphatic heterocycles. The quantitative estimate of drug-likeness (QED) is 0.777. The van der Waals surface area contributed by atoms with E-state index in [1.165, 1.54) is 0 Å². The summed E-state index contributed by atoms with van der Waals surface area (Å²) in [5.41, 5.74) is 1.05. The van der Waals surface area contributed by atoms with E-state index in [4.69, 9.17) is 9.84 Å². The molecule has 0 fully saturated rings. The van der Waals surface area contributed by atoms with Gasteiger partial charge in [0.05, 0.1) is 7.11 Å². The summed E-state index contributed by atoms with van der Waals surface area (Å²) < 4.78 is 7.37. The Kier molecular flexibility index (Phi) is 5.18. The highest BCUT2D eigenvalue weighted by Crippen LogP contribution is 2.22. The Morgan fingerprint density at radius 3 is 3.11 bits per heavy atom. The summed E-state index contributed by atoms with van der Waals surface area (Å²) in [6.45, 7) is 4.03. The lowest BCUT2D eigenvalue weighted by molar-refractivity contribution is 0.251. The Labute approximate surface area is 117 Å². The molecule has 2 rings (SSSR count). The van der Waals surface area contributed by atoms with Crippen LogP contribution in [0.3, 0.4) is 0 Å². The summed E-state index contributed by atoms with van der Waals surface area (Å²) in [4.78, 5) is 5.38. The van der Waals surface area contributed by atoms with Gasteiger partial charge in [-0.2, -0.15) is 4.98 Å². The van der Waals surface area contributed by atoms with Crippen molar-refractivity contribution in [1.82, 2.24) is 14.7 Å². The van der Waals surface area contributed by atoms with E-state index in [2.05, 4.69) is 21.6 Å². The molecule has 0 aromatic carbocycles. The third-order valence-electron chi connectivity index (χ3n) is 3.36. The first-order valence-corrected chi connectivity index (χ1v) is 7.48. The molecular weight excluding hydrogens is 262 g/mol. The number of methoxy groups -OCH3 is 1. The van der Waals surface area contributed by atoms with Crippen molar-refractivity contribution in [2.75, 3.05) is 20.3 Å². The lowest BCUT2D eigenvalue weighted by Gasteiger charge is -2.14. The monoisotopic (exact) mass is 283 g/mol. The number of aliphatic hydroxyl groups excluding tert-OH is 1. The van der Waals surface area contributed by atoms with E-state index in [0.717, 1.165) is 36.6 Å². The average molecular weight is 283 g/mol. The van der Waals surface area contributed by atoms with E-state index in [9.17, 15) is 0 Å². The maximum Gasteiger partial charge on any atom is 0.237 e. The normalized spacial score (nSPS) is 13.0. The second kappa shape index (κ2) is 6.88. The number of imidazole rings is 1. The second-order valence-corrected chi connectivity index (χ2v) is 5.41. The average Bonchev–Trinajstić information content (AvgIpc) is 2.99. The van der Waals surface area contributed by atoms with Gasteiger partial charge in [0.1, 0.15) is 5.69 Å². The predicted octanol–water partition coefficient (Wildman–Crippen LogP) is 1.90. The molecule has 0 aliphatic carbocycles. The molecule has 1 atom stereocenters. The Balaban J connectivity index is 1.98. The van der Waals surface area contributed by atoms with Crippen molar-refractivity contribution < 1.29 is 9.84 Å². The van der Waals surface area contributed by atoms with Crippen LogP contribution in [0.25, 0.3) is 4.96 Å². The molecule has 0 saturated heterocycles. The number of thiazole rings is 1. The highest BCUT2D eigenvalue weighted by Gasteiger charge is 2.13. The smallest absolute Gasteiger partial charge is 0.237 e. The van der Waals surface area contributed by atoms with Crippen LogP contribution in [0, 0.1) is 5.92 Å². The van der Waals surface area contributed by atoms with Crippen LogP contribution in [0.15, 0.2) is 11.6 Å². The summed E-state index contributed by atoms with van der Waals surface area (Å²) in [5.74, 6) is 1.21. The minimum Gasteiger partial charge on any atom is -0.480 e. The number of nitrogens with zero attached hydrogens (tertiary/aromatic N) is 2. The van der Waals surface area contributed by atoms with Crippen LogP contribution in [0.5, 0.6) is 5.88 Å². The van der Waals surface area contributed by atoms with Gasteiger partial charge in [-0.05, 0) is 18.9 Å². The number of ether oxygens (including phenoxy) is 1. The molecule has 0 saturated carbocycles. The molecule has 106 valence electrons. The summed E-state index contributed by atoms with van der Waals surface area (Å²) in [5, 5.41) is 14.4. The highest BCUT2D eigenvalue weighted by atomic mass is 32.1. The van der Waals surface area contributed by atoms with E-state index < -0.39 is 0 Å².